The van der Waals surface area contributed by atoms with E-state index in [0.29, 0.717) is 5.92 Å². The number of halogens is 2. The summed E-state index contributed by atoms with van der Waals surface area (Å²) < 4.78 is 3.30. The predicted molar refractivity (Wildman–Crippen MR) is 96.1 cm³/mol. The van der Waals surface area contributed by atoms with Gasteiger partial charge in [-0.15, -0.1) is 0 Å². The molecule has 2 rings (SSSR count). The zero-order valence-electron chi connectivity index (χ0n) is 12.6. The molecule has 0 saturated carbocycles. The van der Waals surface area contributed by atoms with Crippen LogP contribution in [-0.2, 0) is 25.8 Å². The summed E-state index contributed by atoms with van der Waals surface area (Å²) in [5.41, 5.74) is 3.93. The molecular formula is C17H22Br2N2. The van der Waals surface area contributed by atoms with E-state index in [1.165, 1.54) is 17.0 Å². The van der Waals surface area contributed by atoms with E-state index < -0.39 is 0 Å². The lowest BCUT2D eigenvalue weighted by Crippen LogP contribution is -2.13. The van der Waals surface area contributed by atoms with Gasteiger partial charge in [-0.05, 0) is 55.9 Å². The first-order valence-corrected chi connectivity index (χ1v) is 9.43. The molecule has 1 aromatic heterocycles. The Morgan fingerprint density at radius 3 is 2.62 bits per heavy atom. The van der Waals surface area contributed by atoms with Crippen molar-refractivity contribution in [3.8, 4) is 0 Å². The molecule has 0 amide bonds. The van der Waals surface area contributed by atoms with Crippen molar-refractivity contribution in [2.45, 2.75) is 39.7 Å². The quantitative estimate of drug-likeness (QED) is 0.582. The van der Waals surface area contributed by atoms with Crippen molar-refractivity contribution in [1.82, 2.24) is 9.78 Å². The van der Waals surface area contributed by atoms with Gasteiger partial charge in [0.2, 0.25) is 0 Å². The number of nitrogens with zero attached hydrogens (tertiary/aromatic N) is 2. The molecule has 0 spiro atoms. The Morgan fingerprint density at radius 2 is 2.00 bits per heavy atom. The fourth-order valence-electron chi connectivity index (χ4n) is 2.60. The molecule has 114 valence electrons. The van der Waals surface area contributed by atoms with Crippen molar-refractivity contribution < 1.29 is 0 Å². The molecule has 0 aliphatic rings. The molecule has 2 nitrogen and oxygen atoms in total. The second kappa shape index (κ2) is 8.14. The zero-order valence-corrected chi connectivity index (χ0v) is 15.8. The maximum absolute atomic E-state index is 4.65. The molecule has 4 heteroatoms. The topological polar surface area (TPSA) is 17.8 Å². The van der Waals surface area contributed by atoms with Gasteiger partial charge in [0.25, 0.3) is 0 Å². The van der Waals surface area contributed by atoms with Crippen LogP contribution in [-0.4, -0.2) is 15.1 Å². The Morgan fingerprint density at radius 1 is 1.19 bits per heavy atom. The summed E-state index contributed by atoms with van der Waals surface area (Å²) in [6.07, 6.45) is 3.16. The first-order chi connectivity index (χ1) is 10.2. The first-order valence-electron chi connectivity index (χ1n) is 7.52. The summed E-state index contributed by atoms with van der Waals surface area (Å²) in [7, 11) is 0. The van der Waals surface area contributed by atoms with E-state index in [2.05, 4.69) is 85.8 Å². The second-order valence-corrected chi connectivity index (χ2v) is 6.92. The highest BCUT2D eigenvalue weighted by Crippen LogP contribution is 2.20. The third-order valence-electron chi connectivity index (χ3n) is 3.71. The van der Waals surface area contributed by atoms with Crippen LogP contribution in [0.3, 0.4) is 0 Å². The number of aromatic nitrogens is 2. The van der Waals surface area contributed by atoms with E-state index in [0.717, 1.165) is 35.6 Å². The number of hydrogen-bond donors (Lipinski definition) is 0. The van der Waals surface area contributed by atoms with Crippen molar-refractivity contribution in [3.63, 3.8) is 0 Å². The Kier molecular flexibility index (Phi) is 6.49. The normalized spacial score (nSPS) is 12.6. The Labute approximate surface area is 144 Å². The molecule has 0 saturated heterocycles. The molecule has 1 unspecified atom stereocenters. The summed E-state index contributed by atoms with van der Waals surface area (Å²) >= 11 is 7.23. The van der Waals surface area contributed by atoms with Crippen molar-refractivity contribution in [1.29, 1.82) is 0 Å². The molecule has 0 aliphatic heterocycles. The number of aryl methyl sites for hydroxylation is 2. The van der Waals surface area contributed by atoms with Gasteiger partial charge in [-0.1, -0.05) is 50.9 Å². The van der Waals surface area contributed by atoms with Crippen LogP contribution < -0.4 is 0 Å². The number of rotatable bonds is 7. The lowest BCUT2D eigenvalue weighted by Gasteiger charge is -2.15. The average Bonchev–Trinajstić information content (AvgIpc) is 2.88. The van der Waals surface area contributed by atoms with E-state index in [-0.39, 0.29) is 0 Å². The SMILES string of the molecule is CCc1cc(CC(CBr)Cc2cccc(Br)c2)n(CC)n1. The van der Waals surface area contributed by atoms with Gasteiger partial charge in [0.05, 0.1) is 5.69 Å². The standard InChI is InChI=1S/C17H22Br2N2/c1-3-16-11-17(21(4-2)20-16)10-14(12-18)8-13-6-5-7-15(19)9-13/h5-7,9,11,14H,3-4,8,10,12H2,1-2H3. The Balaban J connectivity index is 2.10. The van der Waals surface area contributed by atoms with E-state index >= 15 is 0 Å². The smallest absolute Gasteiger partial charge is 0.0624 e. The molecule has 2 aromatic rings. The Bertz CT molecular complexity index is 578. The lowest BCUT2D eigenvalue weighted by atomic mass is 9.96. The van der Waals surface area contributed by atoms with Crippen molar-refractivity contribution in [2.24, 2.45) is 5.92 Å². The molecule has 0 aliphatic carbocycles. The minimum absolute atomic E-state index is 0.589. The highest BCUT2D eigenvalue weighted by atomic mass is 79.9. The monoisotopic (exact) mass is 412 g/mol. The maximum Gasteiger partial charge on any atom is 0.0624 e. The van der Waals surface area contributed by atoms with Crippen molar-refractivity contribution in [2.75, 3.05) is 5.33 Å². The summed E-state index contributed by atoms with van der Waals surface area (Å²) in [5, 5.41) is 5.66. The lowest BCUT2D eigenvalue weighted by molar-refractivity contribution is 0.535. The molecule has 21 heavy (non-hydrogen) atoms. The van der Waals surface area contributed by atoms with Crippen LogP contribution in [0.25, 0.3) is 0 Å². The molecule has 1 aromatic carbocycles. The second-order valence-electron chi connectivity index (χ2n) is 5.35. The molecule has 1 heterocycles. The molecular weight excluding hydrogens is 392 g/mol. The maximum atomic E-state index is 4.65. The summed E-state index contributed by atoms with van der Waals surface area (Å²) in [4.78, 5) is 0. The van der Waals surface area contributed by atoms with Crippen LogP contribution in [0.2, 0.25) is 0 Å². The largest absolute Gasteiger partial charge is 0.270 e. The van der Waals surface area contributed by atoms with Crippen LogP contribution in [0.4, 0.5) is 0 Å². The van der Waals surface area contributed by atoms with Gasteiger partial charge in [0, 0.05) is 22.0 Å². The first kappa shape index (κ1) is 16.8. The zero-order chi connectivity index (χ0) is 15.2. The summed E-state index contributed by atoms with van der Waals surface area (Å²) in [5.74, 6) is 0.589. The van der Waals surface area contributed by atoms with Gasteiger partial charge in [-0.3, -0.25) is 4.68 Å². The highest BCUT2D eigenvalue weighted by Gasteiger charge is 2.14. The van der Waals surface area contributed by atoms with Gasteiger partial charge in [0.15, 0.2) is 0 Å². The fourth-order valence-corrected chi connectivity index (χ4v) is 3.50. The molecule has 0 N–H and O–H groups in total. The van der Waals surface area contributed by atoms with Crippen molar-refractivity contribution in [3.05, 3.63) is 51.8 Å². The third-order valence-corrected chi connectivity index (χ3v) is 5.11. The van der Waals surface area contributed by atoms with E-state index in [4.69, 9.17) is 0 Å². The van der Waals surface area contributed by atoms with E-state index in [1.54, 1.807) is 0 Å². The van der Waals surface area contributed by atoms with Gasteiger partial charge in [-0.2, -0.15) is 5.10 Å². The molecule has 0 radical (unpaired) electrons. The Hall–Kier alpha value is -0.610. The van der Waals surface area contributed by atoms with E-state index in [9.17, 15) is 0 Å². The summed E-state index contributed by atoms with van der Waals surface area (Å²) in [6.45, 7) is 5.27. The summed E-state index contributed by atoms with van der Waals surface area (Å²) in [6, 6.07) is 10.9. The van der Waals surface area contributed by atoms with Gasteiger partial charge in [0.1, 0.15) is 0 Å². The van der Waals surface area contributed by atoms with Crippen LogP contribution in [0.1, 0.15) is 30.8 Å². The van der Waals surface area contributed by atoms with Gasteiger partial charge >= 0.3 is 0 Å². The molecule has 1 atom stereocenters. The number of alkyl halides is 1. The molecule has 0 bridgehead atoms. The predicted octanol–water partition coefficient (Wildman–Crippen LogP) is 5.02. The van der Waals surface area contributed by atoms with Crippen LogP contribution in [0, 0.1) is 5.92 Å². The van der Waals surface area contributed by atoms with Crippen LogP contribution >= 0.6 is 31.9 Å². The minimum atomic E-state index is 0.589. The van der Waals surface area contributed by atoms with Gasteiger partial charge < -0.3 is 0 Å². The number of benzene rings is 1. The van der Waals surface area contributed by atoms with Crippen LogP contribution in [0.5, 0.6) is 0 Å². The van der Waals surface area contributed by atoms with E-state index in [1.807, 2.05) is 0 Å². The molecule has 0 fully saturated rings. The fraction of sp³-hybridized carbons (Fsp3) is 0.471. The minimum Gasteiger partial charge on any atom is -0.270 e. The van der Waals surface area contributed by atoms with Crippen molar-refractivity contribution >= 4 is 31.9 Å². The van der Waals surface area contributed by atoms with Gasteiger partial charge in [-0.25, -0.2) is 0 Å². The van der Waals surface area contributed by atoms with Crippen LogP contribution in [0.15, 0.2) is 34.8 Å². The average molecular weight is 414 g/mol. The highest BCUT2D eigenvalue weighted by molar-refractivity contribution is 9.10. The number of hydrogen-bond acceptors (Lipinski definition) is 1. The third kappa shape index (κ3) is 4.68.